The standard InChI is InChI=1S/C12H19N3OS/c1-7-11(17-6-13-7)8(2)14-9(3)12(16)15-10-4-5-10/h6,8-10,14H,4-5H2,1-3H3,(H,15,16). The fraction of sp³-hybridized carbons (Fsp3) is 0.667. The van der Waals surface area contributed by atoms with Crippen LogP contribution in [0, 0.1) is 6.92 Å². The smallest absolute Gasteiger partial charge is 0.237 e. The number of carbonyl (C=O) groups excluding carboxylic acids is 1. The lowest BCUT2D eigenvalue weighted by Crippen LogP contribution is -2.43. The highest BCUT2D eigenvalue weighted by molar-refractivity contribution is 7.09. The molecule has 94 valence electrons. The average molecular weight is 253 g/mol. The Bertz CT molecular complexity index is 400. The Hall–Kier alpha value is -0.940. The molecule has 2 N–H and O–H groups in total. The van der Waals surface area contributed by atoms with Gasteiger partial charge in [0.15, 0.2) is 0 Å². The van der Waals surface area contributed by atoms with Crippen molar-refractivity contribution >= 4 is 17.2 Å². The van der Waals surface area contributed by atoms with Crippen LogP contribution in [0.4, 0.5) is 0 Å². The molecule has 1 saturated carbocycles. The summed E-state index contributed by atoms with van der Waals surface area (Å²) in [4.78, 5) is 17.2. The minimum atomic E-state index is -0.160. The normalized spacial score (nSPS) is 18.8. The molecule has 17 heavy (non-hydrogen) atoms. The van der Waals surface area contributed by atoms with Crippen molar-refractivity contribution < 1.29 is 4.79 Å². The summed E-state index contributed by atoms with van der Waals surface area (Å²) in [6.07, 6.45) is 2.25. The van der Waals surface area contributed by atoms with E-state index >= 15 is 0 Å². The number of rotatable bonds is 5. The summed E-state index contributed by atoms with van der Waals surface area (Å²) in [6, 6.07) is 0.432. The monoisotopic (exact) mass is 253 g/mol. The fourth-order valence-electron chi connectivity index (χ4n) is 1.81. The Balaban J connectivity index is 1.86. The number of aryl methyl sites for hydroxylation is 1. The van der Waals surface area contributed by atoms with Gasteiger partial charge in [0.1, 0.15) is 0 Å². The van der Waals surface area contributed by atoms with E-state index in [-0.39, 0.29) is 18.0 Å². The Morgan fingerprint density at radius 2 is 2.24 bits per heavy atom. The summed E-state index contributed by atoms with van der Waals surface area (Å²) >= 11 is 1.63. The summed E-state index contributed by atoms with van der Waals surface area (Å²) < 4.78 is 0. The first-order valence-corrected chi connectivity index (χ1v) is 6.92. The average Bonchev–Trinajstić information content (AvgIpc) is 2.98. The third kappa shape index (κ3) is 3.26. The van der Waals surface area contributed by atoms with Crippen molar-refractivity contribution in [3.05, 3.63) is 16.1 Å². The summed E-state index contributed by atoms with van der Waals surface area (Å²) in [5, 5.41) is 6.32. The third-order valence-electron chi connectivity index (χ3n) is 2.99. The highest BCUT2D eigenvalue weighted by Gasteiger charge is 2.26. The van der Waals surface area contributed by atoms with Crippen LogP contribution in [0.2, 0.25) is 0 Å². The highest BCUT2D eigenvalue weighted by atomic mass is 32.1. The number of nitrogens with one attached hydrogen (secondary N) is 2. The number of thiazole rings is 1. The quantitative estimate of drug-likeness (QED) is 0.841. The summed E-state index contributed by atoms with van der Waals surface area (Å²) in [6.45, 7) is 5.98. The molecule has 4 nitrogen and oxygen atoms in total. The Morgan fingerprint density at radius 1 is 1.53 bits per heavy atom. The van der Waals surface area contributed by atoms with Crippen LogP contribution < -0.4 is 10.6 Å². The van der Waals surface area contributed by atoms with E-state index in [9.17, 15) is 4.79 Å². The Kier molecular flexibility index (Phi) is 3.79. The molecule has 1 aromatic heterocycles. The van der Waals surface area contributed by atoms with Crippen LogP contribution in [0.25, 0.3) is 0 Å². The maximum Gasteiger partial charge on any atom is 0.237 e. The van der Waals surface area contributed by atoms with Gasteiger partial charge in [0.2, 0.25) is 5.91 Å². The van der Waals surface area contributed by atoms with Crippen molar-refractivity contribution in [2.75, 3.05) is 0 Å². The molecule has 1 amide bonds. The molecule has 0 aromatic carbocycles. The molecule has 1 aliphatic carbocycles. The van der Waals surface area contributed by atoms with Crippen molar-refractivity contribution in [2.24, 2.45) is 0 Å². The lowest BCUT2D eigenvalue weighted by Gasteiger charge is -2.19. The van der Waals surface area contributed by atoms with Gasteiger partial charge in [-0.1, -0.05) is 0 Å². The number of carbonyl (C=O) groups is 1. The predicted octanol–water partition coefficient (Wildman–Crippen LogP) is 1.77. The van der Waals surface area contributed by atoms with E-state index in [1.807, 2.05) is 19.4 Å². The molecule has 1 aliphatic rings. The van der Waals surface area contributed by atoms with Gasteiger partial charge in [-0.3, -0.25) is 10.1 Å². The topological polar surface area (TPSA) is 54.0 Å². The first-order chi connectivity index (χ1) is 8.08. The van der Waals surface area contributed by atoms with Crippen molar-refractivity contribution in [2.45, 2.75) is 51.7 Å². The van der Waals surface area contributed by atoms with E-state index in [0.29, 0.717) is 6.04 Å². The van der Waals surface area contributed by atoms with Gasteiger partial charge in [-0.25, -0.2) is 4.98 Å². The number of nitrogens with zero attached hydrogens (tertiary/aromatic N) is 1. The third-order valence-corrected chi connectivity index (χ3v) is 4.11. The molecule has 0 aliphatic heterocycles. The van der Waals surface area contributed by atoms with Crippen LogP contribution in [-0.4, -0.2) is 23.0 Å². The molecule has 2 rings (SSSR count). The van der Waals surface area contributed by atoms with Gasteiger partial charge in [0, 0.05) is 17.0 Å². The lowest BCUT2D eigenvalue weighted by molar-refractivity contribution is -0.123. The van der Waals surface area contributed by atoms with Gasteiger partial charge in [-0.2, -0.15) is 0 Å². The molecule has 0 saturated heterocycles. The summed E-state index contributed by atoms with van der Waals surface area (Å²) in [7, 11) is 0. The van der Waals surface area contributed by atoms with Gasteiger partial charge in [-0.05, 0) is 33.6 Å². The first-order valence-electron chi connectivity index (χ1n) is 6.04. The Morgan fingerprint density at radius 3 is 2.76 bits per heavy atom. The maximum absolute atomic E-state index is 11.8. The zero-order chi connectivity index (χ0) is 12.4. The second kappa shape index (κ2) is 5.14. The van der Waals surface area contributed by atoms with Gasteiger partial charge in [0.05, 0.1) is 17.2 Å². The lowest BCUT2D eigenvalue weighted by atomic mass is 10.2. The van der Waals surface area contributed by atoms with Gasteiger partial charge < -0.3 is 5.32 Å². The number of hydrogen-bond acceptors (Lipinski definition) is 4. The first kappa shape index (κ1) is 12.5. The molecule has 1 fully saturated rings. The van der Waals surface area contributed by atoms with Gasteiger partial charge >= 0.3 is 0 Å². The molecule has 5 heteroatoms. The molecule has 1 heterocycles. The minimum absolute atomic E-state index is 0.0986. The van der Waals surface area contributed by atoms with Crippen LogP contribution in [0.1, 0.15) is 43.3 Å². The van der Waals surface area contributed by atoms with Crippen LogP contribution >= 0.6 is 11.3 Å². The van der Waals surface area contributed by atoms with Crippen LogP contribution in [-0.2, 0) is 4.79 Å². The van der Waals surface area contributed by atoms with E-state index in [2.05, 4.69) is 22.5 Å². The van der Waals surface area contributed by atoms with Crippen LogP contribution in [0.15, 0.2) is 5.51 Å². The number of hydrogen-bond donors (Lipinski definition) is 2. The van der Waals surface area contributed by atoms with Crippen molar-refractivity contribution in [3.8, 4) is 0 Å². The van der Waals surface area contributed by atoms with Crippen LogP contribution in [0.3, 0.4) is 0 Å². The zero-order valence-electron chi connectivity index (χ0n) is 10.5. The molecule has 1 aromatic rings. The molecular weight excluding hydrogens is 234 g/mol. The SMILES string of the molecule is Cc1ncsc1C(C)NC(C)C(=O)NC1CC1. The minimum Gasteiger partial charge on any atom is -0.352 e. The number of amides is 1. The van der Waals surface area contributed by atoms with Crippen molar-refractivity contribution in [3.63, 3.8) is 0 Å². The van der Waals surface area contributed by atoms with E-state index in [1.165, 1.54) is 4.88 Å². The summed E-state index contributed by atoms with van der Waals surface area (Å²) in [5.74, 6) is 0.0986. The number of aromatic nitrogens is 1. The molecule has 2 unspecified atom stereocenters. The Labute approximate surface area is 106 Å². The van der Waals surface area contributed by atoms with Crippen LogP contribution in [0.5, 0.6) is 0 Å². The molecule has 0 spiro atoms. The van der Waals surface area contributed by atoms with E-state index in [4.69, 9.17) is 0 Å². The van der Waals surface area contributed by atoms with Crippen molar-refractivity contribution in [1.29, 1.82) is 0 Å². The predicted molar refractivity (Wildman–Crippen MR) is 69.0 cm³/mol. The highest BCUT2D eigenvalue weighted by Crippen LogP contribution is 2.22. The molecule has 0 bridgehead atoms. The largest absolute Gasteiger partial charge is 0.352 e. The van der Waals surface area contributed by atoms with Crippen molar-refractivity contribution in [1.82, 2.24) is 15.6 Å². The summed E-state index contributed by atoms with van der Waals surface area (Å²) in [5.41, 5.74) is 2.89. The molecule has 2 atom stereocenters. The van der Waals surface area contributed by atoms with E-state index in [1.54, 1.807) is 11.3 Å². The van der Waals surface area contributed by atoms with Gasteiger partial charge in [-0.15, -0.1) is 11.3 Å². The second-order valence-electron chi connectivity index (χ2n) is 4.69. The zero-order valence-corrected chi connectivity index (χ0v) is 11.3. The van der Waals surface area contributed by atoms with E-state index in [0.717, 1.165) is 18.5 Å². The molecule has 0 radical (unpaired) electrons. The maximum atomic E-state index is 11.8. The fourth-order valence-corrected chi connectivity index (χ4v) is 2.63. The van der Waals surface area contributed by atoms with E-state index < -0.39 is 0 Å². The second-order valence-corrected chi connectivity index (χ2v) is 5.58. The molecular formula is C12H19N3OS. The van der Waals surface area contributed by atoms with Gasteiger partial charge in [0.25, 0.3) is 0 Å².